The number of nitrogens with zero attached hydrogens (tertiary/aromatic N) is 4. The summed E-state index contributed by atoms with van der Waals surface area (Å²) < 4.78 is 12.8. The monoisotopic (exact) mass is 275 g/mol. The van der Waals surface area contributed by atoms with E-state index in [1.54, 1.807) is 4.68 Å². The normalized spacial score (nSPS) is 19.1. The molecule has 0 saturated carbocycles. The van der Waals surface area contributed by atoms with Crippen molar-refractivity contribution in [2.45, 2.75) is 19.6 Å². The van der Waals surface area contributed by atoms with Gasteiger partial charge in [0.2, 0.25) is 0 Å². The van der Waals surface area contributed by atoms with Crippen molar-refractivity contribution >= 4 is 5.69 Å². The fourth-order valence-corrected chi connectivity index (χ4v) is 2.29. The van der Waals surface area contributed by atoms with Gasteiger partial charge >= 0.3 is 0 Å². The molecule has 0 spiro atoms. The van der Waals surface area contributed by atoms with E-state index in [1.165, 1.54) is 0 Å². The van der Waals surface area contributed by atoms with E-state index < -0.39 is 0 Å². The van der Waals surface area contributed by atoms with Crippen molar-refractivity contribution in [1.82, 2.24) is 20.2 Å². The van der Waals surface area contributed by atoms with Gasteiger partial charge in [0.1, 0.15) is 6.10 Å². The van der Waals surface area contributed by atoms with E-state index in [2.05, 4.69) is 15.5 Å². The van der Waals surface area contributed by atoms with Crippen LogP contribution in [0.1, 0.15) is 5.56 Å². The van der Waals surface area contributed by atoms with E-state index >= 15 is 0 Å². The fraction of sp³-hybridized carbons (Fsp3) is 0.462. The number of benzene rings is 1. The van der Waals surface area contributed by atoms with Gasteiger partial charge in [0.15, 0.2) is 5.82 Å². The zero-order chi connectivity index (χ0) is 13.9. The van der Waals surface area contributed by atoms with Gasteiger partial charge in [-0.2, -0.15) is 0 Å². The van der Waals surface area contributed by atoms with Crippen LogP contribution in [0.5, 0.6) is 0 Å². The van der Waals surface area contributed by atoms with Gasteiger partial charge in [-0.25, -0.2) is 4.68 Å². The molecule has 1 aromatic carbocycles. The molecule has 20 heavy (non-hydrogen) atoms. The highest BCUT2D eigenvalue weighted by molar-refractivity contribution is 5.63. The number of rotatable bonds is 3. The van der Waals surface area contributed by atoms with E-state index in [-0.39, 0.29) is 6.10 Å². The van der Waals surface area contributed by atoms with Gasteiger partial charge < -0.3 is 15.2 Å². The second-order valence-corrected chi connectivity index (χ2v) is 4.83. The Bertz CT molecular complexity index is 592. The van der Waals surface area contributed by atoms with Crippen LogP contribution in [-0.2, 0) is 16.0 Å². The topological polar surface area (TPSA) is 88.1 Å². The second-order valence-electron chi connectivity index (χ2n) is 4.83. The van der Waals surface area contributed by atoms with Crippen LogP contribution in [-0.4, -0.2) is 46.1 Å². The van der Waals surface area contributed by atoms with E-state index in [0.717, 1.165) is 22.6 Å². The number of ether oxygens (including phenoxy) is 2. The Labute approximate surface area is 116 Å². The molecule has 1 aliphatic rings. The van der Waals surface area contributed by atoms with Crippen molar-refractivity contribution in [2.24, 2.45) is 0 Å². The third kappa shape index (κ3) is 2.63. The van der Waals surface area contributed by atoms with E-state index in [0.29, 0.717) is 26.4 Å². The minimum absolute atomic E-state index is 0.0138. The van der Waals surface area contributed by atoms with Crippen LogP contribution >= 0.6 is 0 Å². The number of anilines is 1. The standard InChI is InChI=1S/C13H17N5O2/c1-9-6-10(14)2-3-12(9)13-15-16-17-18(13)7-11-8-19-4-5-20-11/h2-3,6,11H,4-5,7-8,14H2,1H3. The van der Waals surface area contributed by atoms with Crippen LogP contribution in [0.4, 0.5) is 5.69 Å². The average molecular weight is 275 g/mol. The molecular formula is C13H17N5O2. The summed E-state index contributed by atoms with van der Waals surface area (Å²) in [7, 11) is 0. The Morgan fingerprint density at radius 3 is 3.05 bits per heavy atom. The van der Waals surface area contributed by atoms with Gasteiger partial charge in [0.25, 0.3) is 0 Å². The zero-order valence-corrected chi connectivity index (χ0v) is 11.3. The Balaban J connectivity index is 1.85. The van der Waals surface area contributed by atoms with Crippen molar-refractivity contribution in [1.29, 1.82) is 0 Å². The minimum atomic E-state index is -0.0138. The largest absolute Gasteiger partial charge is 0.399 e. The highest BCUT2D eigenvalue weighted by atomic mass is 16.6. The first-order chi connectivity index (χ1) is 9.74. The molecule has 0 aliphatic carbocycles. The van der Waals surface area contributed by atoms with Gasteiger partial charge in [-0.15, -0.1) is 5.10 Å². The molecule has 2 heterocycles. The first-order valence-corrected chi connectivity index (χ1v) is 6.56. The van der Waals surface area contributed by atoms with Crippen molar-refractivity contribution in [2.75, 3.05) is 25.6 Å². The highest BCUT2D eigenvalue weighted by Crippen LogP contribution is 2.23. The van der Waals surface area contributed by atoms with Crippen molar-refractivity contribution in [3.8, 4) is 11.4 Å². The molecule has 2 N–H and O–H groups in total. The molecule has 0 bridgehead atoms. The number of nitrogens with two attached hydrogens (primary N) is 1. The quantitative estimate of drug-likeness (QED) is 0.827. The van der Waals surface area contributed by atoms with Crippen LogP contribution in [0.3, 0.4) is 0 Å². The number of nitrogen functional groups attached to an aromatic ring is 1. The molecule has 7 heteroatoms. The summed E-state index contributed by atoms with van der Waals surface area (Å²) >= 11 is 0. The molecule has 106 valence electrons. The number of hydrogen-bond donors (Lipinski definition) is 1. The van der Waals surface area contributed by atoms with Gasteiger partial charge in [0.05, 0.1) is 26.4 Å². The second kappa shape index (κ2) is 5.56. The molecular weight excluding hydrogens is 258 g/mol. The lowest BCUT2D eigenvalue weighted by molar-refractivity contribution is -0.0946. The lowest BCUT2D eigenvalue weighted by Crippen LogP contribution is -2.32. The van der Waals surface area contributed by atoms with Crippen LogP contribution in [0, 0.1) is 6.92 Å². The molecule has 0 radical (unpaired) electrons. The minimum Gasteiger partial charge on any atom is -0.399 e. The van der Waals surface area contributed by atoms with Crippen molar-refractivity contribution in [3.05, 3.63) is 23.8 Å². The van der Waals surface area contributed by atoms with Crippen LogP contribution in [0.2, 0.25) is 0 Å². The third-order valence-electron chi connectivity index (χ3n) is 3.28. The first-order valence-electron chi connectivity index (χ1n) is 6.56. The van der Waals surface area contributed by atoms with E-state index in [1.807, 2.05) is 25.1 Å². The fourth-order valence-electron chi connectivity index (χ4n) is 2.29. The molecule has 1 aliphatic heterocycles. The smallest absolute Gasteiger partial charge is 0.182 e. The number of hydrogen-bond acceptors (Lipinski definition) is 6. The number of aromatic nitrogens is 4. The van der Waals surface area contributed by atoms with Gasteiger partial charge in [-0.1, -0.05) is 0 Å². The van der Waals surface area contributed by atoms with Crippen molar-refractivity contribution in [3.63, 3.8) is 0 Å². The maximum atomic E-state index is 5.77. The summed E-state index contributed by atoms with van der Waals surface area (Å²) in [6.45, 7) is 4.40. The lowest BCUT2D eigenvalue weighted by Gasteiger charge is -2.22. The SMILES string of the molecule is Cc1cc(N)ccc1-c1nnnn1CC1COCCO1. The maximum Gasteiger partial charge on any atom is 0.182 e. The Morgan fingerprint density at radius 2 is 2.30 bits per heavy atom. The summed E-state index contributed by atoms with van der Waals surface area (Å²) in [4.78, 5) is 0. The average Bonchev–Trinajstić information content (AvgIpc) is 2.88. The Kier molecular flexibility index (Phi) is 3.62. The van der Waals surface area contributed by atoms with Crippen molar-refractivity contribution < 1.29 is 9.47 Å². The summed E-state index contributed by atoms with van der Waals surface area (Å²) in [5.74, 6) is 0.719. The zero-order valence-electron chi connectivity index (χ0n) is 11.3. The van der Waals surface area contributed by atoms with Crippen LogP contribution in [0.25, 0.3) is 11.4 Å². The predicted octanol–water partition coefficient (Wildman–Crippen LogP) is 0.646. The molecule has 1 saturated heterocycles. The summed E-state index contributed by atoms with van der Waals surface area (Å²) in [6, 6.07) is 5.70. The van der Waals surface area contributed by atoms with Crippen LogP contribution in [0.15, 0.2) is 18.2 Å². The number of tetrazole rings is 1. The van der Waals surface area contributed by atoms with Gasteiger partial charge in [-0.3, -0.25) is 0 Å². The lowest BCUT2D eigenvalue weighted by atomic mass is 10.1. The molecule has 1 unspecified atom stereocenters. The Morgan fingerprint density at radius 1 is 1.40 bits per heavy atom. The third-order valence-corrected chi connectivity index (χ3v) is 3.28. The molecule has 3 rings (SSSR count). The molecule has 1 aromatic heterocycles. The summed E-state index contributed by atoms with van der Waals surface area (Å²) in [6.07, 6.45) is -0.0138. The molecule has 1 fully saturated rings. The number of aryl methyl sites for hydroxylation is 1. The summed E-state index contributed by atoms with van der Waals surface area (Å²) in [5, 5.41) is 11.9. The van der Waals surface area contributed by atoms with E-state index in [9.17, 15) is 0 Å². The van der Waals surface area contributed by atoms with E-state index in [4.69, 9.17) is 15.2 Å². The van der Waals surface area contributed by atoms with Crippen LogP contribution < -0.4 is 5.73 Å². The molecule has 7 nitrogen and oxygen atoms in total. The van der Waals surface area contributed by atoms with Gasteiger partial charge in [0, 0.05) is 11.3 Å². The highest BCUT2D eigenvalue weighted by Gasteiger charge is 2.19. The van der Waals surface area contributed by atoms with Gasteiger partial charge in [-0.05, 0) is 41.1 Å². The summed E-state index contributed by atoms with van der Waals surface area (Å²) in [5.41, 5.74) is 8.52. The molecule has 0 amide bonds. The Hall–Kier alpha value is -1.99. The maximum absolute atomic E-state index is 5.77. The predicted molar refractivity (Wildman–Crippen MR) is 73.0 cm³/mol. The molecule has 2 aromatic rings. The molecule has 1 atom stereocenters. The first kappa shape index (κ1) is 13.0.